The molecule has 21 heavy (non-hydrogen) atoms. The van der Waals surface area contributed by atoms with E-state index < -0.39 is 12.0 Å². The summed E-state index contributed by atoms with van der Waals surface area (Å²) in [6, 6.07) is 2.18. The van der Waals surface area contributed by atoms with Crippen molar-refractivity contribution in [2.45, 2.75) is 12.5 Å². The fraction of sp³-hybridized carbons (Fsp3) is 0.385. The fourth-order valence-electron chi connectivity index (χ4n) is 2.26. The maximum atomic E-state index is 12.0. The number of likely N-dealkylation sites (tertiary alicyclic amines) is 1. The first-order valence-corrected chi connectivity index (χ1v) is 7.11. The van der Waals surface area contributed by atoms with Gasteiger partial charge in [-0.25, -0.2) is 9.59 Å². The highest BCUT2D eigenvalue weighted by molar-refractivity contribution is 6.37. The SMILES string of the molecule is CN1CCC(NC(=O)Nc2c(Cl)cc(Cl)cc2C(=O)O)C1. The minimum absolute atomic E-state index is 0.0364. The third-order valence-electron chi connectivity index (χ3n) is 3.25. The van der Waals surface area contributed by atoms with Crippen molar-refractivity contribution < 1.29 is 14.7 Å². The van der Waals surface area contributed by atoms with E-state index >= 15 is 0 Å². The molecule has 1 saturated heterocycles. The lowest BCUT2D eigenvalue weighted by molar-refractivity contribution is 0.0698. The molecule has 1 heterocycles. The fourth-order valence-corrected chi connectivity index (χ4v) is 2.80. The highest BCUT2D eigenvalue weighted by Gasteiger charge is 2.22. The first kappa shape index (κ1) is 15.9. The molecule has 1 fully saturated rings. The predicted molar refractivity (Wildman–Crippen MR) is 81.5 cm³/mol. The van der Waals surface area contributed by atoms with Gasteiger partial charge in [-0.15, -0.1) is 0 Å². The van der Waals surface area contributed by atoms with E-state index in [0.29, 0.717) is 0 Å². The molecule has 1 aromatic rings. The Morgan fingerprint density at radius 2 is 2.10 bits per heavy atom. The van der Waals surface area contributed by atoms with Gasteiger partial charge in [-0.1, -0.05) is 23.2 Å². The number of carboxylic acids is 1. The highest BCUT2D eigenvalue weighted by Crippen LogP contribution is 2.30. The number of hydrogen-bond donors (Lipinski definition) is 3. The zero-order chi connectivity index (χ0) is 15.6. The number of carbonyl (C=O) groups excluding carboxylic acids is 1. The summed E-state index contributed by atoms with van der Waals surface area (Å²) in [6.07, 6.45) is 0.851. The summed E-state index contributed by atoms with van der Waals surface area (Å²) in [4.78, 5) is 25.3. The van der Waals surface area contributed by atoms with Crippen LogP contribution in [0.25, 0.3) is 0 Å². The number of likely N-dealkylation sites (N-methyl/N-ethyl adjacent to an activating group) is 1. The quantitative estimate of drug-likeness (QED) is 0.794. The van der Waals surface area contributed by atoms with E-state index in [9.17, 15) is 9.59 Å². The molecule has 1 aromatic carbocycles. The summed E-state index contributed by atoms with van der Waals surface area (Å²) in [6.45, 7) is 1.67. The van der Waals surface area contributed by atoms with E-state index in [0.717, 1.165) is 19.5 Å². The Morgan fingerprint density at radius 1 is 1.38 bits per heavy atom. The van der Waals surface area contributed by atoms with Gasteiger partial charge in [0.15, 0.2) is 0 Å². The van der Waals surface area contributed by atoms with Crippen LogP contribution < -0.4 is 10.6 Å². The van der Waals surface area contributed by atoms with Crippen LogP contribution in [0, 0.1) is 0 Å². The molecule has 1 unspecified atom stereocenters. The van der Waals surface area contributed by atoms with E-state index in [1.165, 1.54) is 12.1 Å². The third-order valence-corrected chi connectivity index (χ3v) is 3.77. The van der Waals surface area contributed by atoms with Gasteiger partial charge < -0.3 is 20.6 Å². The van der Waals surface area contributed by atoms with Gasteiger partial charge in [0.05, 0.1) is 16.3 Å². The van der Waals surface area contributed by atoms with E-state index in [1.807, 2.05) is 7.05 Å². The van der Waals surface area contributed by atoms with Crippen molar-refractivity contribution in [2.75, 3.05) is 25.5 Å². The van der Waals surface area contributed by atoms with Crippen molar-refractivity contribution in [3.05, 3.63) is 27.7 Å². The van der Waals surface area contributed by atoms with E-state index in [1.54, 1.807) is 0 Å². The molecule has 2 amide bonds. The number of benzene rings is 1. The number of urea groups is 1. The third kappa shape index (κ3) is 4.00. The van der Waals surface area contributed by atoms with Crippen molar-refractivity contribution >= 4 is 40.9 Å². The number of carboxylic acid groups (broad SMARTS) is 1. The molecule has 1 atom stereocenters. The Balaban J connectivity index is 2.11. The first-order valence-electron chi connectivity index (χ1n) is 6.35. The molecule has 2 rings (SSSR count). The summed E-state index contributed by atoms with van der Waals surface area (Å²) in [5, 5.41) is 14.7. The standard InChI is InChI=1S/C13H15Cl2N3O3/c1-18-3-2-8(6-18)16-13(21)17-11-9(12(19)20)4-7(14)5-10(11)15/h4-5,8H,2-3,6H2,1H3,(H,19,20)(H2,16,17,21). The minimum Gasteiger partial charge on any atom is -0.478 e. The Kier molecular flexibility index (Phi) is 4.92. The van der Waals surface area contributed by atoms with Crippen molar-refractivity contribution in [3.63, 3.8) is 0 Å². The predicted octanol–water partition coefficient (Wildman–Crippen LogP) is 2.52. The zero-order valence-corrected chi connectivity index (χ0v) is 12.8. The lowest BCUT2D eigenvalue weighted by atomic mass is 10.2. The molecular formula is C13H15Cl2N3O3. The van der Waals surface area contributed by atoms with Gasteiger partial charge in [0, 0.05) is 17.6 Å². The Morgan fingerprint density at radius 3 is 2.67 bits per heavy atom. The topological polar surface area (TPSA) is 81.7 Å². The number of halogens is 2. The van der Waals surface area contributed by atoms with Gasteiger partial charge >= 0.3 is 12.0 Å². The molecule has 1 aliphatic heterocycles. The van der Waals surface area contributed by atoms with Crippen LogP contribution >= 0.6 is 23.2 Å². The monoisotopic (exact) mass is 331 g/mol. The van der Waals surface area contributed by atoms with Gasteiger partial charge in [-0.3, -0.25) is 0 Å². The molecule has 0 radical (unpaired) electrons. The lowest BCUT2D eigenvalue weighted by Gasteiger charge is -2.15. The Hall–Kier alpha value is -1.50. The minimum atomic E-state index is -1.21. The number of nitrogens with one attached hydrogen (secondary N) is 2. The Labute approximate surface area is 132 Å². The van der Waals surface area contributed by atoms with Gasteiger partial charge in [-0.2, -0.15) is 0 Å². The largest absolute Gasteiger partial charge is 0.478 e. The number of anilines is 1. The normalized spacial score (nSPS) is 18.5. The second kappa shape index (κ2) is 6.51. The van der Waals surface area contributed by atoms with Crippen LogP contribution in [0.1, 0.15) is 16.8 Å². The van der Waals surface area contributed by atoms with Crippen LogP contribution in [0.5, 0.6) is 0 Å². The molecule has 0 spiro atoms. The van der Waals surface area contributed by atoms with Crippen LogP contribution in [0.15, 0.2) is 12.1 Å². The van der Waals surface area contributed by atoms with Gasteiger partial charge in [0.2, 0.25) is 0 Å². The molecule has 0 bridgehead atoms. The summed E-state index contributed by atoms with van der Waals surface area (Å²) < 4.78 is 0. The maximum Gasteiger partial charge on any atom is 0.337 e. The maximum absolute atomic E-state index is 12.0. The number of hydrogen-bond acceptors (Lipinski definition) is 3. The molecule has 3 N–H and O–H groups in total. The average molecular weight is 332 g/mol. The Bertz CT molecular complexity index is 580. The molecule has 114 valence electrons. The molecular weight excluding hydrogens is 317 g/mol. The molecule has 0 saturated carbocycles. The second-order valence-corrected chi connectivity index (χ2v) is 5.81. The van der Waals surface area contributed by atoms with E-state index in [-0.39, 0.29) is 27.3 Å². The van der Waals surface area contributed by atoms with Gasteiger partial charge in [0.1, 0.15) is 0 Å². The highest BCUT2D eigenvalue weighted by atomic mass is 35.5. The smallest absolute Gasteiger partial charge is 0.337 e. The molecule has 0 aromatic heterocycles. The van der Waals surface area contributed by atoms with Crippen LogP contribution in [0.2, 0.25) is 10.0 Å². The van der Waals surface area contributed by atoms with E-state index in [4.69, 9.17) is 28.3 Å². The second-order valence-electron chi connectivity index (χ2n) is 4.96. The number of carbonyl (C=O) groups is 2. The number of aromatic carboxylic acids is 1. The zero-order valence-electron chi connectivity index (χ0n) is 11.3. The molecule has 8 heteroatoms. The van der Waals surface area contributed by atoms with Crippen molar-refractivity contribution in [1.82, 2.24) is 10.2 Å². The molecule has 6 nitrogen and oxygen atoms in total. The summed E-state index contributed by atoms with van der Waals surface area (Å²) >= 11 is 11.7. The lowest BCUT2D eigenvalue weighted by Crippen LogP contribution is -2.39. The number of nitrogens with zero attached hydrogens (tertiary/aromatic N) is 1. The van der Waals surface area contributed by atoms with Crippen molar-refractivity contribution in [3.8, 4) is 0 Å². The summed E-state index contributed by atoms with van der Waals surface area (Å²) in [5.74, 6) is -1.21. The van der Waals surface area contributed by atoms with Gasteiger partial charge in [0.25, 0.3) is 0 Å². The molecule has 1 aliphatic rings. The number of amides is 2. The van der Waals surface area contributed by atoms with Crippen LogP contribution in [0.4, 0.5) is 10.5 Å². The summed E-state index contributed by atoms with van der Waals surface area (Å²) in [7, 11) is 1.97. The van der Waals surface area contributed by atoms with Crippen LogP contribution in [-0.2, 0) is 0 Å². The van der Waals surface area contributed by atoms with Crippen LogP contribution in [-0.4, -0.2) is 48.2 Å². The average Bonchev–Trinajstić information content (AvgIpc) is 2.77. The molecule has 0 aliphatic carbocycles. The van der Waals surface area contributed by atoms with Crippen molar-refractivity contribution in [1.29, 1.82) is 0 Å². The van der Waals surface area contributed by atoms with E-state index in [2.05, 4.69) is 15.5 Å². The van der Waals surface area contributed by atoms with Crippen molar-refractivity contribution in [2.24, 2.45) is 0 Å². The van der Waals surface area contributed by atoms with Crippen LogP contribution in [0.3, 0.4) is 0 Å². The first-order chi connectivity index (χ1) is 9.86. The number of rotatable bonds is 3. The summed E-state index contributed by atoms with van der Waals surface area (Å²) in [5.41, 5.74) is -0.108. The van der Waals surface area contributed by atoms with Gasteiger partial charge in [-0.05, 0) is 32.1 Å².